The molecule has 0 radical (unpaired) electrons. The SMILES string of the molecule is C(=C\c1ccc(N(c2ccccc2)c2ccc3c(c2)c2cc(-c4ccc5c(c4)C(C4c6ccccc6-c6ccccc64)c4ccccc4-5)ccc2n3-c2ccccc2)cc1)/c1ccccc1. The maximum Gasteiger partial charge on any atom is 0.0542 e. The van der Waals surface area contributed by atoms with Crippen molar-refractivity contribution >= 4 is 51.0 Å². The number of rotatable bonds is 8. The molecule has 2 nitrogen and oxygen atoms in total. The topological polar surface area (TPSA) is 8.17 Å². The quantitative estimate of drug-likeness (QED) is 0.138. The van der Waals surface area contributed by atoms with Crippen molar-refractivity contribution < 1.29 is 0 Å². The van der Waals surface area contributed by atoms with E-state index in [0.717, 1.165) is 28.3 Å². The van der Waals surface area contributed by atoms with Gasteiger partial charge in [0.25, 0.3) is 0 Å². The van der Waals surface area contributed by atoms with Crippen molar-refractivity contribution in [2.45, 2.75) is 11.8 Å². The molecule has 0 fully saturated rings. The first-order valence-corrected chi connectivity index (χ1v) is 23.0. The van der Waals surface area contributed by atoms with Crippen molar-refractivity contribution in [3.8, 4) is 39.1 Å². The average molecular weight is 841 g/mol. The molecule has 0 bridgehead atoms. The molecule has 1 atom stereocenters. The summed E-state index contributed by atoms with van der Waals surface area (Å²) in [6, 6.07) is 89.3. The highest BCUT2D eigenvalue weighted by Crippen LogP contribution is 2.58. The molecule has 2 aliphatic carbocycles. The molecule has 13 rings (SSSR count). The lowest BCUT2D eigenvalue weighted by molar-refractivity contribution is 0.724. The minimum Gasteiger partial charge on any atom is -0.310 e. The van der Waals surface area contributed by atoms with Crippen molar-refractivity contribution in [1.29, 1.82) is 0 Å². The van der Waals surface area contributed by atoms with Crippen LogP contribution in [0.2, 0.25) is 0 Å². The first kappa shape index (κ1) is 38.0. The van der Waals surface area contributed by atoms with Crippen LogP contribution < -0.4 is 4.90 Å². The van der Waals surface area contributed by atoms with E-state index in [4.69, 9.17) is 0 Å². The van der Waals surface area contributed by atoms with Crippen LogP contribution in [0, 0.1) is 0 Å². The van der Waals surface area contributed by atoms with Crippen molar-refractivity contribution in [2.24, 2.45) is 0 Å². The van der Waals surface area contributed by atoms with Crippen LogP contribution in [0.15, 0.2) is 243 Å². The van der Waals surface area contributed by atoms with Crippen molar-refractivity contribution in [2.75, 3.05) is 4.90 Å². The fourth-order valence-corrected chi connectivity index (χ4v) is 11.0. The summed E-state index contributed by atoms with van der Waals surface area (Å²) >= 11 is 0. The maximum atomic E-state index is 2.50. The van der Waals surface area contributed by atoms with Gasteiger partial charge in [-0.2, -0.15) is 0 Å². The molecule has 2 heteroatoms. The molecule has 11 aromatic rings. The standard InChI is InChI=1S/C64H44N2/c1-4-16-43(17-5-1)28-29-44-30-34-49(35-31-44)65(47-18-6-2-7-19-47)50-36-39-62-59(42-50)58-40-46(33-38-61(58)66(62)48-20-8-3-9-21-48)45-32-37-54-53-24-12-15-27-57(53)64(60(54)41-45)63-55-25-13-10-22-51(55)52-23-11-14-26-56(52)63/h1-42,63-64H/b29-28+. The Morgan fingerprint density at radius 2 is 0.758 bits per heavy atom. The van der Waals surface area contributed by atoms with Crippen LogP contribution in [-0.4, -0.2) is 4.57 Å². The van der Waals surface area contributed by atoms with E-state index in [2.05, 4.69) is 264 Å². The lowest BCUT2D eigenvalue weighted by Crippen LogP contribution is -2.10. The van der Waals surface area contributed by atoms with Crippen LogP contribution >= 0.6 is 0 Å². The third-order valence-corrected chi connectivity index (χ3v) is 14.0. The first-order chi connectivity index (χ1) is 32.7. The summed E-state index contributed by atoms with van der Waals surface area (Å²) in [7, 11) is 0. The zero-order chi connectivity index (χ0) is 43.6. The van der Waals surface area contributed by atoms with E-state index in [1.165, 1.54) is 83.0 Å². The summed E-state index contributed by atoms with van der Waals surface area (Å²) in [4.78, 5) is 2.37. The van der Waals surface area contributed by atoms with Crippen LogP contribution in [0.5, 0.6) is 0 Å². The number of benzene rings is 10. The van der Waals surface area contributed by atoms with Crippen LogP contribution in [0.3, 0.4) is 0 Å². The summed E-state index contributed by atoms with van der Waals surface area (Å²) in [6.45, 7) is 0. The third-order valence-electron chi connectivity index (χ3n) is 14.0. The Kier molecular flexibility index (Phi) is 9.02. The van der Waals surface area contributed by atoms with Crippen molar-refractivity contribution in [3.63, 3.8) is 0 Å². The molecular formula is C64H44N2. The second-order valence-corrected chi connectivity index (χ2v) is 17.6. The molecule has 66 heavy (non-hydrogen) atoms. The van der Waals surface area contributed by atoms with Gasteiger partial charge in [0.2, 0.25) is 0 Å². The van der Waals surface area contributed by atoms with Gasteiger partial charge < -0.3 is 9.47 Å². The van der Waals surface area contributed by atoms with Gasteiger partial charge in [0.05, 0.1) is 11.0 Å². The Balaban J connectivity index is 0.954. The van der Waals surface area contributed by atoms with Gasteiger partial charge in [-0.15, -0.1) is 0 Å². The van der Waals surface area contributed by atoms with E-state index in [1.54, 1.807) is 0 Å². The summed E-state index contributed by atoms with van der Waals surface area (Å²) in [6.07, 6.45) is 4.35. The van der Waals surface area contributed by atoms with Crippen LogP contribution in [0.25, 0.3) is 73.0 Å². The number of fused-ring (bicyclic) bond motifs is 9. The van der Waals surface area contributed by atoms with Gasteiger partial charge in [-0.3, -0.25) is 0 Å². The maximum absolute atomic E-state index is 2.50. The zero-order valence-electron chi connectivity index (χ0n) is 36.3. The minimum atomic E-state index is 0.199. The van der Waals surface area contributed by atoms with E-state index in [-0.39, 0.29) is 11.8 Å². The number of para-hydroxylation sites is 2. The number of nitrogens with zero attached hydrogens (tertiary/aromatic N) is 2. The lowest BCUT2D eigenvalue weighted by Gasteiger charge is -2.25. The van der Waals surface area contributed by atoms with Gasteiger partial charge in [0.15, 0.2) is 0 Å². The predicted molar refractivity (Wildman–Crippen MR) is 277 cm³/mol. The van der Waals surface area contributed by atoms with Crippen LogP contribution in [-0.2, 0) is 0 Å². The lowest BCUT2D eigenvalue weighted by atomic mass is 9.78. The third kappa shape index (κ3) is 6.25. The number of aromatic nitrogens is 1. The molecule has 1 heterocycles. The zero-order valence-corrected chi connectivity index (χ0v) is 36.3. The number of anilines is 3. The summed E-state index contributed by atoms with van der Waals surface area (Å²) in [5.41, 5.74) is 22.7. The van der Waals surface area contributed by atoms with E-state index >= 15 is 0 Å². The molecule has 2 aliphatic rings. The molecule has 310 valence electrons. The van der Waals surface area contributed by atoms with Crippen LogP contribution in [0.4, 0.5) is 17.1 Å². The summed E-state index contributed by atoms with van der Waals surface area (Å²) < 4.78 is 2.42. The molecule has 0 aliphatic heterocycles. The largest absolute Gasteiger partial charge is 0.310 e. The molecule has 1 unspecified atom stereocenters. The second kappa shape index (κ2) is 15.7. The second-order valence-electron chi connectivity index (χ2n) is 17.6. The Morgan fingerprint density at radius 1 is 0.318 bits per heavy atom. The van der Waals surface area contributed by atoms with Crippen molar-refractivity contribution in [3.05, 3.63) is 276 Å². The molecule has 0 N–H and O–H groups in total. The smallest absolute Gasteiger partial charge is 0.0542 e. The highest BCUT2D eigenvalue weighted by molar-refractivity contribution is 6.12. The Hall–Kier alpha value is -8.46. The van der Waals surface area contributed by atoms with E-state index in [0.29, 0.717) is 0 Å². The molecule has 1 aromatic heterocycles. The predicted octanol–water partition coefficient (Wildman–Crippen LogP) is 17.0. The fourth-order valence-electron chi connectivity index (χ4n) is 11.0. The first-order valence-electron chi connectivity index (χ1n) is 23.0. The summed E-state index contributed by atoms with van der Waals surface area (Å²) in [5, 5.41) is 2.43. The monoisotopic (exact) mass is 840 g/mol. The fraction of sp³-hybridized carbons (Fsp3) is 0.0312. The van der Waals surface area contributed by atoms with E-state index in [1.807, 2.05) is 0 Å². The Morgan fingerprint density at radius 3 is 1.39 bits per heavy atom. The Bertz CT molecular complexity index is 3590. The van der Waals surface area contributed by atoms with Crippen molar-refractivity contribution in [1.82, 2.24) is 4.57 Å². The van der Waals surface area contributed by atoms with Gasteiger partial charge in [-0.05, 0) is 140 Å². The molecule has 0 spiro atoms. The normalized spacial score (nSPS) is 13.8. The number of hydrogen-bond donors (Lipinski definition) is 0. The van der Waals surface area contributed by atoms with Gasteiger partial charge >= 0.3 is 0 Å². The molecule has 0 amide bonds. The molecular weight excluding hydrogens is 797 g/mol. The molecule has 10 aromatic carbocycles. The van der Waals surface area contributed by atoms with E-state index in [9.17, 15) is 0 Å². The van der Waals surface area contributed by atoms with Gasteiger partial charge in [0, 0.05) is 45.4 Å². The average Bonchev–Trinajstić information content (AvgIpc) is 4.01. The highest BCUT2D eigenvalue weighted by Gasteiger charge is 2.41. The highest BCUT2D eigenvalue weighted by atomic mass is 15.1. The Labute approximate surface area is 385 Å². The summed E-state index contributed by atoms with van der Waals surface area (Å²) in [5.74, 6) is 0.430. The van der Waals surface area contributed by atoms with Gasteiger partial charge in [-0.25, -0.2) is 0 Å². The minimum absolute atomic E-state index is 0.199. The molecule has 0 saturated heterocycles. The van der Waals surface area contributed by atoms with E-state index < -0.39 is 0 Å². The molecule has 0 saturated carbocycles. The number of hydrogen-bond acceptors (Lipinski definition) is 1. The van der Waals surface area contributed by atoms with Gasteiger partial charge in [-0.1, -0.05) is 182 Å². The van der Waals surface area contributed by atoms with Crippen LogP contribution in [0.1, 0.15) is 45.2 Å². The van der Waals surface area contributed by atoms with Gasteiger partial charge in [0.1, 0.15) is 0 Å².